The van der Waals surface area contributed by atoms with E-state index in [4.69, 9.17) is 4.52 Å². The van der Waals surface area contributed by atoms with Crippen LogP contribution in [0.5, 0.6) is 0 Å². The van der Waals surface area contributed by atoms with Gasteiger partial charge in [-0.1, -0.05) is 12.1 Å². The molecule has 0 spiro atoms. The van der Waals surface area contributed by atoms with Gasteiger partial charge in [-0.2, -0.15) is 10.4 Å². The highest BCUT2D eigenvalue weighted by Gasteiger charge is 2.47. The smallest absolute Gasteiger partial charge is 0.141 e. The third-order valence-electron chi connectivity index (χ3n) is 5.16. The highest BCUT2D eigenvalue weighted by molar-refractivity contribution is 5.44. The van der Waals surface area contributed by atoms with E-state index in [2.05, 4.69) is 23.2 Å². The van der Waals surface area contributed by atoms with E-state index < -0.39 is 0 Å². The van der Waals surface area contributed by atoms with Gasteiger partial charge in [0.05, 0.1) is 11.9 Å². The lowest BCUT2D eigenvalue weighted by Gasteiger charge is -2.43. The summed E-state index contributed by atoms with van der Waals surface area (Å²) in [5.74, 6) is 1.56. The summed E-state index contributed by atoms with van der Waals surface area (Å²) in [6.45, 7) is 2.28. The molecule has 0 amide bonds. The molecule has 0 aromatic carbocycles. The van der Waals surface area contributed by atoms with E-state index in [-0.39, 0.29) is 5.41 Å². The molecule has 2 heterocycles. The first-order chi connectivity index (χ1) is 9.63. The lowest BCUT2D eigenvalue weighted by atomic mass is 9.60. The van der Waals surface area contributed by atoms with Crippen LogP contribution in [0.2, 0.25) is 0 Å². The van der Waals surface area contributed by atoms with Crippen molar-refractivity contribution in [2.75, 3.05) is 0 Å². The van der Waals surface area contributed by atoms with Gasteiger partial charge in [-0.25, -0.2) is 0 Å². The number of nitrogens with zero attached hydrogens (tertiary/aromatic N) is 4. The third kappa shape index (κ3) is 1.31. The predicted molar refractivity (Wildman–Crippen MR) is 71.0 cm³/mol. The van der Waals surface area contributed by atoms with E-state index in [0.29, 0.717) is 5.92 Å². The van der Waals surface area contributed by atoms with Gasteiger partial charge in [0.1, 0.15) is 17.5 Å². The van der Waals surface area contributed by atoms with Gasteiger partial charge in [-0.05, 0) is 25.2 Å². The standard InChI is InChI=1S/C15H16N4O/c1-15-6-9-8-17-20-13(9)5-10(15)3-4-11-12(7-16)19(2)18-14(11)15/h8,10H,3-6H2,1-2H3/t10?,15-/m0/s1. The molecule has 4 rings (SSSR count). The summed E-state index contributed by atoms with van der Waals surface area (Å²) in [6, 6.07) is 2.30. The van der Waals surface area contributed by atoms with Gasteiger partial charge in [-0.15, -0.1) is 0 Å². The number of hydrogen-bond acceptors (Lipinski definition) is 4. The van der Waals surface area contributed by atoms with Crippen LogP contribution in [0.15, 0.2) is 10.7 Å². The number of hydrogen-bond donors (Lipinski definition) is 0. The monoisotopic (exact) mass is 268 g/mol. The second kappa shape index (κ2) is 3.72. The maximum atomic E-state index is 9.33. The fraction of sp³-hybridized carbons (Fsp3) is 0.533. The van der Waals surface area contributed by atoms with E-state index in [1.165, 1.54) is 5.56 Å². The second-order valence-corrected chi connectivity index (χ2v) is 6.22. The van der Waals surface area contributed by atoms with Crippen LogP contribution in [0.3, 0.4) is 0 Å². The lowest BCUT2D eigenvalue weighted by molar-refractivity contribution is 0.206. The zero-order valence-electron chi connectivity index (χ0n) is 11.7. The Labute approximate surface area is 117 Å². The summed E-state index contributed by atoms with van der Waals surface area (Å²) in [6.07, 6.45) is 5.70. The summed E-state index contributed by atoms with van der Waals surface area (Å²) < 4.78 is 7.10. The molecule has 0 bridgehead atoms. The number of aromatic nitrogens is 3. The van der Waals surface area contributed by atoms with Gasteiger partial charge < -0.3 is 4.52 Å². The van der Waals surface area contributed by atoms with Crippen LogP contribution in [-0.4, -0.2) is 14.9 Å². The molecular formula is C15H16N4O. The minimum absolute atomic E-state index is 0.000995. The summed E-state index contributed by atoms with van der Waals surface area (Å²) in [5, 5.41) is 17.9. The fourth-order valence-electron chi connectivity index (χ4n) is 4.01. The van der Waals surface area contributed by atoms with Crippen LogP contribution in [0.1, 0.15) is 41.6 Å². The third-order valence-corrected chi connectivity index (χ3v) is 5.16. The van der Waals surface area contributed by atoms with Gasteiger partial charge in [-0.3, -0.25) is 4.68 Å². The van der Waals surface area contributed by atoms with Crippen molar-refractivity contribution in [2.45, 2.75) is 38.0 Å². The van der Waals surface area contributed by atoms with Crippen LogP contribution >= 0.6 is 0 Å². The first kappa shape index (κ1) is 11.7. The van der Waals surface area contributed by atoms with Crippen molar-refractivity contribution >= 4 is 0 Å². The highest BCUT2D eigenvalue weighted by atomic mass is 16.5. The molecule has 0 saturated heterocycles. The molecule has 2 atom stereocenters. The first-order valence-corrected chi connectivity index (χ1v) is 7.02. The average molecular weight is 268 g/mol. The highest BCUT2D eigenvalue weighted by Crippen LogP contribution is 2.48. The van der Waals surface area contributed by atoms with Gasteiger partial charge in [0.25, 0.3) is 0 Å². The minimum Gasteiger partial charge on any atom is -0.361 e. The second-order valence-electron chi connectivity index (χ2n) is 6.22. The van der Waals surface area contributed by atoms with Gasteiger partial charge in [0.2, 0.25) is 0 Å². The molecule has 102 valence electrons. The number of nitriles is 1. The zero-order valence-corrected chi connectivity index (χ0v) is 11.7. The maximum Gasteiger partial charge on any atom is 0.141 e. The SMILES string of the molecule is Cn1nc2c(c1C#N)CCC1Cc3oncc3C[C@]21C. The van der Waals surface area contributed by atoms with Crippen molar-refractivity contribution < 1.29 is 4.52 Å². The molecule has 0 saturated carbocycles. The molecule has 0 radical (unpaired) electrons. The average Bonchev–Trinajstić information content (AvgIpc) is 2.99. The summed E-state index contributed by atoms with van der Waals surface area (Å²) in [5.41, 5.74) is 4.17. The normalized spacial score (nSPS) is 27.4. The number of rotatable bonds is 0. The van der Waals surface area contributed by atoms with Crippen molar-refractivity contribution in [3.8, 4) is 6.07 Å². The van der Waals surface area contributed by atoms with Crippen LogP contribution in [-0.2, 0) is 31.7 Å². The van der Waals surface area contributed by atoms with Crippen LogP contribution in [0.4, 0.5) is 0 Å². The van der Waals surface area contributed by atoms with E-state index in [9.17, 15) is 5.26 Å². The minimum atomic E-state index is -0.000995. The van der Waals surface area contributed by atoms with Crippen molar-refractivity contribution in [1.82, 2.24) is 14.9 Å². The molecular weight excluding hydrogens is 252 g/mol. The van der Waals surface area contributed by atoms with Crippen LogP contribution in [0, 0.1) is 17.2 Å². The topological polar surface area (TPSA) is 67.6 Å². The Morgan fingerprint density at radius 1 is 1.55 bits per heavy atom. The lowest BCUT2D eigenvalue weighted by Crippen LogP contribution is -2.43. The predicted octanol–water partition coefficient (Wildman–Crippen LogP) is 1.90. The molecule has 2 aliphatic carbocycles. The van der Waals surface area contributed by atoms with Gasteiger partial charge in [0.15, 0.2) is 0 Å². The van der Waals surface area contributed by atoms with E-state index in [0.717, 1.165) is 48.4 Å². The van der Waals surface area contributed by atoms with Crippen LogP contribution in [0.25, 0.3) is 0 Å². The van der Waals surface area contributed by atoms with Crippen molar-refractivity contribution in [3.05, 3.63) is 34.5 Å². The molecule has 5 heteroatoms. The molecule has 1 unspecified atom stereocenters. The van der Waals surface area contributed by atoms with E-state index in [1.54, 1.807) is 4.68 Å². The fourth-order valence-corrected chi connectivity index (χ4v) is 4.01. The Morgan fingerprint density at radius 2 is 2.40 bits per heavy atom. The van der Waals surface area contributed by atoms with Crippen molar-refractivity contribution in [2.24, 2.45) is 13.0 Å². The zero-order chi connectivity index (χ0) is 13.9. The Balaban J connectivity index is 1.89. The van der Waals surface area contributed by atoms with Gasteiger partial charge >= 0.3 is 0 Å². The number of aryl methyl sites for hydroxylation is 1. The van der Waals surface area contributed by atoms with Crippen molar-refractivity contribution in [1.29, 1.82) is 5.26 Å². The Morgan fingerprint density at radius 3 is 3.20 bits per heavy atom. The molecule has 2 aliphatic rings. The van der Waals surface area contributed by atoms with E-state index in [1.807, 2.05) is 13.2 Å². The first-order valence-electron chi connectivity index (χ1n) is 7.02. The Bertz CT molecular complexity index is 736. The number of fused-ring (bicyclic) bond motifs is 4. The summed E-state index contributed by atoms with van der Waals surface area (Å²) >= 11 is 0. The molecule has 2 aromatic heterocycles. The molecule has 5 nitrogen and oxygen atoms in total. The molecule has 20 heavy (non-hydrogen) atoms. The Hall–Kier alpha value is -2.09. The molecule has 0 aliphatic heterocycles. The summed E-state index contributed by atoms with van der Waals surface area (Å²) in [4.78, 5) is 0. The van der Waals surface area contributed by atoms with Crippen molar-refractivity contribution in [3.63, 3.8) is 0 Å². The Kier molecular flexibility index (Phi) is 2.18. The van der Waals surface area contributed by atoms with Gasteiger partial charge in [0, 0.05) is 30.0 Å². The largest absolute Gasteiger partial charge is 0.361 e. The maximum absolute atomic E-state index is 9.33. The quantitative estimate of drug-likeness (QED) is 0.731. The summed E-state index contributed by atoms with van der Waals surface area (Å²) in [7, 11) is 1.86. The molecule has 0 N–H and O–H groups in total. The van der Waals surface area contributed by atoms with Crippen LogP contribution < -0.4 is 0 Å². The van der Waals surface area contributed by atoms with E-state index >= 15 is 0 Å². The molecule has 2 aromatic rings. The molecule has 0 fully saturated rings.